The highest BCUT2D eigenvalue weighted by atomic mass is 79.9. The summed E-state index contributed by atoms with van der Waals surface area (Å²) in [5.74, 6) is -0.0469. The fraction of sp³-hybridized carbons (Fsp3) is 0.222. The molecule has 1 rings (SSSR count). The molecule has 1 radical (unpaired) electrons. The van der Waals surface area contributed by atoms with Gasteiger partial charge in [-0.05, 0) is 56.5 Å². The molecule has 1 aromatic carbocycles. The van der Waals surface area contributed by atoms with Crippen molar-refractivity contribution < 1.29 is 5.11 Å². The lowest BCUT2D eigenvalue weighted by molar-refractivity contribution is 0.282. The van der Waals surface area contributed by atoms with Crippen LogP contribution in [0.3, 0.4) is 0 Å². The van der Waals surface area contributed by atoms with E-state index >= 15 is 0 Å². The van der Waals surface area contributed by atoms with E-state index in [1.165, 1.54) is 0 Å². The summed E-state index contributed by atoms with van der Waals surface area (Å²) in [6.45, 7) is 3.89. The Kier molecular flexibility index (Phi) is 3.75. The van der Waals surface area contributed by atoms with E-state index in [2.05, 4.69) is 38.8 Å². The summed E-state index contributed by atoms with van der Waals surface area (Å²) < 4.78 is 2.00. The highest BCUT2D eigenvalue weighted by Crippen LogP contribution is 2.26. The normalized spacial score (nSPS) is 13.0. The topological polar surface area (TPSA) is 20.2 Å². The molecule has 0 heterocycles. The van der Waals surface area contributed by atoms with E-state index in [4.69, 9.17) is 5.11 Å². The maximum Gasteiger partial charge on any atom is 0.0499 e. The molecule has 65 valence electrons. The van der Waals surface area contributed by atoms with Gasteiger partial charge >= 0.3 is 0 Å². The average molecular weight is 293 g/mol. The third-order valence-corrected chi connectivity index (χ3v) is 3.52. The van der Waals surface area contributed by atoms with Gasteiger partial charge in [-0.2, -0.15) is 0 Å². The number of halogens is 2. The predicted octanol–water partition coefficient (Wildman–Crippen LogP) is 3.12. The lowest BCUT2D eigenvalue weighted by Crippen LogP contribution is -1.98. The van der Waals surface area contributed by atoms with Crippen molar-refractivity contribution in [3.63, 3.8) is 0 Å². The Balaban J connectivity index is 2.96. The van der Waals surface area contributed by atoms with Crippen molar-refractivity contribution >= 4 is 31.9 Å². The Bertz CT molecular complexity index is 273. The van der Waals surface area contributed by atoms with Crippen LogP contribution in [0.4, 0.5) is 0 Å². The van der Waals surface area contributed by atoms with Crippen LogP contribution in [0.1, 0.15) is 11.5 Å². The fourth-order valence-electron chi connectivity index (χ4n) is 0.872. The van der Waals surface area contributed by atoms with Gasteiger partial charge in [-0.3, -0.25) is 0 Å². The Labute approximate surface area is 89.1 Å². The van der Waals surface area contributed by atoms with Gasteiger partial charge in [0.15, 0.2) is 0 Å². The average Bonchev–Trinajstić information content (AvgIpc) is 2.08. The zero-order valence-electron chi connectivity index (χ0n) is 6.43. The van der Waals surface area contributed by atoms with Gasteiger partial charge in [0.05, 0.1) is 0 Å². The minimum Gasteiger partial charge on any atom is -0.396 e. The van der Waals surface area contributed by atoms with Crippen LogP contribution >= 0.6 is 31.9 Å². The summed E-state index contributed by atoms with van der Waals surface area (Å²) in [6, 6.07) is 5.84. The van der Waals surface area contributed by atoms with Gasteiger partial charge in [-0.1, -0.05) is 6.07 Å². The lowest BCUT2D eigenvalue weighted by Gasteiger charge is -2.08. The summed E-state index contributed by atoms with van der Waals surface area (Å²) in [7, 11) is 0. The van der Waals surface area contributed by atoms with Crippen molar-refractivity contribution in [2.45, 2.75) is 5.92 Å². The van der Waals surface area contributed by atoms with Gasteiger partial charge in [-0.25, -0.2) is 0 Å². The molecule has 1 N–H and O–H groups in total. The van der Waals surface area contributed by atoms with Gasteiger partial charge in [0.1, 0.15) is 0 Å². The van der Waals surface area contributed by atoms with Crippen LogP contribution in [0.25, 0.3) is 0 Å². The van der Waals surface area contributed by atoms with E-state index < -0.39 is 0 Å². The summed E-state index contributed by atoms with van der Waals surface area (Å²) in [5, 5.41) is 8.86. The zero-order chi connectivity index (χ0) is 9.14. The third-order valence-electron chi connectivity index (χ3n) is 1.64. The van der Waals surface area contributed by atoms with E-state index in [1.807, 2.05) is 18.2 Å². The van der Waals surface area contributed by atoms with E-state index in [-0.39, 0.29) is 12.5 Å². The molecule has 0 amide bonds. The molecule has 1 nitrogen and oxygen atoms in total. The number of hydrogen-bond acceptors (Lipinski definition) is 1. The van der Waals surface area contributed by atoms with E-state index in [0.29, 0.717) is 0 Å². The van der Waals surface area contributed by atoms with Gasteiger partial charge < -0.3 is 5.11 Å². The molecule has 1 atom stereocenters. The van der Waals surface area contributed by atoms with Crippen molar-refractivity contribution in [1.29, 1.82) is 0 Å². The zero-order valence-corrected chi connectivity index (χ0v) is 9.60. The minimum atomic E-state index is -0.0469. The Hall–Kier alpha value is 0.140. The van der Waals surface area contributed by atoms with Crippen LogP contribution in [0.15, 0.2) is 27.1 Å². The maximum absolute atomic E-state index is 8.86. The second kappa shape index (κ2) is 4.40. The first-order valence-electron chi connectivity index (χ1n) is 3.54. The van der Waals surface area contributed by atoms with Crippen LogP contribution in [-0.2, 0) is 0 Å². The molecule has 0 fully saturated rings. The fourth-order valence-corrected chi connectivity index (χ4v) is 1.51. The van der Waals surface area contributed by atoms with Crippen molar-refractivity contribution in [2.24, 2.45) is 0 Å². The monoisotopic (exact) mass is 291 g/mol. The van der Waals surface area contributed by atoms with Crippen LogP contribution < -0.4 is 0 Å². The van der Waals surface area contributed by atoms with Crippen molar-refractivity contribution in [1.82, 2.24) is 0 Å². The van der Waals surface area contributed by atoms with Crippen LogP contribution in [0, 0.1) is 6.92 Å². The van der Waals surface area contributed by atoms with Gasteiger partial charge in [0.25, 0.3) is 0 Å². The molecule has 0 spiro atoms. The number of hydrogen-bond donors (Lipinski definition) is 1. The number of aliphatic hydroxyl groups excluding tert-OH is 1. The Morgan fingerprint density at radius 2 is 2.00 bits per heavy atom. The first-order chi connectivity index (χ1) is 5.65. The molecular weight excluding hydrogens is 284 g/mol. The molecule has 1 aromatic rings. The molecule has 12 heavy (non-hydrogen) atoms. The van der Waals surface area contributed by atoms with Crippen molar-refractivity contribution in [3.8, 4) is 0 Å². The lowest BCUT2D eigenvalue weighted by atomic mass is 10.0. The molecule has 0 aliphatic rings. The van der Waals surface area contributed by atoms with Crippen LogP contribution in [-0.4, -0.2) is 11.7 Å². The molecule has 0 bridgehead atoms. The molecule has 3 heteroatoms. The van der Waals surface area contributed by atoms with Crippen LogP contribution in [0.5, 0.6) is 0 Å². The van der Waals surface area contributed by atoms with Gasteiger partial charge in [-0.15, -0.1) is 0 Å². The summed E-state index contributed by atoms with van der Waals surface area (Å²) in [6.07, 6.45) is 0. The smallest absolute Gasteiger partial charge is 0.0499 e. The molecule has 0 aliphatic heterocycles. The van der Waals surface area contributed by atoms with E-state index in [1.54, 1.807) is 0 Å². The first kappa shape index (κ1) is 10.2. The maximum atomic E-state index is 8.86. The van der Waals surface area contributed by atoms with Gasteiger partial charge in [0.2, 0.25) is 0 Å². The molecule has 0 saturated heterocycles. The number of aliphatic hydroxyl groups is 1. The molecule has 1 unspecified atom stereocenters. The summed E-state index contributed by atoms with van der Waals surface area (Å²) in [4.78, 5) is 0. The molecule has 0 saturated carbocycles. The number of benzene rings is 1. The SMILES string of the molecule is [CH2]C(CO)c1ccc(Br)c(Br)c1. The highest BCUT2D eigenvalue weighted by molar-refractivity contribution is 9.13. The van der Waals surface area contributed by atoms with Gasteiger partial charge in [0, 0.05) is 21.5 Å². The Morgan fingerprint density at radius 3 is 2.50 bits per heavy atom. The van der Waals surface area contributed by atoms with Crippen molar-refractivity contribution in [2.75, 3.05) is 6.61 Å². The highest BCUT2D eigenvalue weighted by Gasteiger charge is 2.05. The van der Waals surface area contributed by atoms with Crippen molar-refractivity contribution in [3.05, 3.63) is 39.6 Å². The number of rotatable bonds is 2. The second-order valence-corrected chi connectivity index (χ2v) is 4.26. The third kappa shape index (κ3) is 2.31. The van der Waals surface area contributed by atoms with Crippen LogP contribution in [0.2, 0.25) is 0 Å². The Morgan fingerprint density at radius 1 is 1.33 bits per heavy atom. The van der Waals surface area contributed by atoms with E-state index in [0.717, 1.165) is 14.5 Å². The molecular formula is C9H9Br2O. The first-order valence-corrected chi connectivity index (χ1v) is 5.12. The van der Waals surface area contributed by atoms with E-state index in [9.17, 15) is 0 Å². The molecule has 0 aliphatic carbocycles. The quantitative estimate of drug-likeness (QED) is 0.888. The summed E-state index contributed by atoms with van der Waals surface area (Å²) >= 11 is 6.76. The minimum absolute atomic E-state index is 0.0469. The summed E-state index contributed by atoms with van der Waals surface area (Å²) in [5.41, 5.74) is 1.03. The largest absolute Gasteiger partial charge is 0.396 e. The molecule has 0 aromatic heterocycles. The standard InChI is InChI=1S/C9H9Br2O/c1-6(5-12)7-2-3-8(10)9(11)4-7/h2-4,6,12H,1,5H2. The predicted molar refractivity (Wildman–Crippen MR) is 57.0 cm³/mol. The second-order valence-electron chi connectivity index (χ2n) is 2.55.